The van der Waals surface area contributed by atoms with Crippen molar-refractivity contribution in [2.45, 2.75) is 51.5 Å². The summed E-state index contributed by atoms with van der Waals surface area (Å²) < 4.78 is 13.9. The van der Waals surface area contributed by atoms with E-state index in [9.17, 15) is 4.39 Å². The standard InChI is InChI=1S/C21H24FN5/c1-2-13-11-18(14-8-9-17(23)16(22)10-14)26-19-12-24-21(27-20(13)19)25-15-6-4-3-5-7-15/h8-12,15H,2-7,23H2,1H3,(H,24,25,27). The van der Waals surface area contributed by atoms with Crippen molar-refractivity contribution in [1.82, 2.24) is 15.0 Å². The fraction of sp³-hybridized carbons (Fsp3) is 0.381. The highest BCUT2D eigenvalue weighted by molar-refractivity contribution is 5.82. The Kier molecular flexibility index (Phi) is 4.88. The molecule has 0 bridgehead atoms. The third-order valence-electron chi connectivity index (χ3n) is 5.24. The van der Waals surface area contributed by atoms with Crippen LogP contribution in [-0.4, -0.2) is 21.0 Å². The van der Waals surface area contributed by atoms with Crippen LogP contribution in [-0.2, 0) is 6.42 Å². The van der Waals surface area contributed by atoms with Crippen LogP contribution < -0.4 is 11.1 Å². The molecular weight excluding hydrogens is 341 g/mol. The maximum Gasteiger partial charge on any atom is 0.223 e. The molecule has 1 saturated carbocycles. The molecule has 3 aromatic rings. The number of hydrogen-bond donors (Lipinski definition) is 2. The molecule has 4 rings (SSSR count). The largest absolute Gasteiger partial charge is 0.396 e. The van der Waals surface area contributed by atoms with Crippen LogP contribution in [0.3, 0.4) is 0 Å². The zero-order chi connectivity index (χ0) is 18.8. The number of fused-ring (bicyclic) bond motifs is 1. The molecule has 2 heterocycles. The fourth-order valence-electron chi connectivity index (χ4n) is 3.69. The van der Waals surface area contributed by atoms with Crippen molar-refractivity contribution in [2.24, 2.45) is 0 Å². The molecule has 1 aliphatic rings. The summed E-state index contributed by atoms with van der Waals surface area (Å²) in [6.45, 7) is 2.08. The summed E-state index contributed by atoms with van der Waals surface area (Å²) in [6, 6.07) is 7.20. The number of aromatic nitrogens is 3. The number of nitrogens with zero attached hydrogens (tertiary/aromatic N) is 3. The molecular formula is C21H24FN5. The molecule has 140 valence electrons. The van der Waals surface area contributed by atoms with Crippen LogP contribution in [0.15, 0.2) is 30.5 Å². The predicted octanol–water partition coefficient (Wildman–Crippen LogP) is 4.72. The van der Waals surface area contributed by atoms with Crippen LogP contribution >= 0.6 is 0 Å². The number of benzene rings is 1. The van der Waals surface area contributed by atoms with Gasteiger partial charge in [0.15, 0.2) is 0 Å². The maximum absolute atomic E-state index is 13.9. The molecule has 0 atom stereocenters. The Balaban J connectivity index is 1.70. The minimum atomic E-state index is -0.435. The van der Waals surface area contributed by atoms with Gasteiger partial charge in [-0.1, -0.05) is 32.3 Å². The SMILES string of the molecule is CCc1cc(-c2ccc(N)c(F)c2)nc2cnc(NC3CCCCC3)nc12. The first kappa shape index (κ1) is 17.6. The van der Waals surface area contributed by atoms with E-state index in [1.165, 1.54) is 38.2 Å². The molecule has 27 heavy (non-hydrogen) atoms. The molecule has 0 radical (unpaired) electrons. The molecule has 0 amide bonds. The quantitative estimate of drug-likeness (QED) is 0.654. The second kappa shape index (κ2) is 7.47. The van der Waals surface area contributed by atoms with Gasteiger partial charge < -0.3 is 11.1 Å². The lowest BCUT2D eigenvalue weighted by Crippen LogP contribution is -2.23. The average Bonchev–Trinajstić information content (AvgIpc) is 2.70. The zero-order valence-electron chi connectivity index (χ0n) is 15.5. The van der Waals surface area contributed by atoms with Crippen molar-refractivity contribution in [3.63, 3.8) is 0 Å². The van der Waals surface area contributed by atoms with E-state index in [2.05, 4.69) is 22.2 Å². The van der Waals surface area contributed by atoms with E-state index in [-0.39, 0.29) is 5.69 Å². The highest BCUT2D eigenvalue weighted by Gasteiger charge is 2.16. The molecule has 0 aliphatic heterocycles. The average molecular weight is 365 g/mol. The van der Waals surface area contributed by atoms with Crippen LogP contribution in [0, 0.1) is 5.82 Å². The van der Waals surface area contributed by atoms with E-state index < -0.39 is 5.82 Å². The molecule has 0 saturated heterocycles. The van der Waals surface area contributed by atoms with Crippen LogP contribution in [0.1, 0.15) is 44.6 Å². The van der Waals surface area contributed by atoms with E-state index in [4.69, 9.17) is 10.7 Å². The first-order chi connectivity index (χ1) is 13.1. The summed E-state index contributed by atoms with van der Waals surface area (Å²) in [5.74, 6) is 0.230. The number of nitrogens with two attached hydrogens (primary N) is 1. The van der Waals surface area contributed by atoms with Gasteiger partial charge in [-0.2, -0.15) is 0 Å². The molecule has 0 unspecified atom stereocenters. The monoisotopic (exact) mass is 365 g/mol. The van der Waals surface area contributed by atoms with E-state index in [1.54, 1.807) is 18.3 Å². The normalized spacial score (nSPS) is 15.2. The van der Waals surface area contributed by atoms with Crippen LogP contribution in [0.2, 0.25) is 0 Å². The summed E-state index contributed by atoms with van der Waals surface area (Å²) in [5, 5.41) is 3.47. The van der Waals surface area contributed by atoms with Crippen LogP contribution in [0.4, 0.5) is 16.0 Å². The van der Waals surface area contributed by atoms with E-state index in [0.29, 0.717) is 23.2 Å². The lowest BCUT2D eigenvalue weighted by molar-refractivity contribution is 0.461. The Morgan fingerprint density at radius 3 is 2.70 bits per heavy atom. The van der Waals surface area contributed by atoms with Gasteiger partial charge in [0.2, 0.25) is 5.95 Å². The summed E-state index contributed by atoms with van der Waals surface area (Å²) in [6.07, 6.45) is 8.73. The van der Waals surface area contributed by atoms with E-state index in [1.807, 2.05) is 6.07 Å². The van der Waals surface area contributed by atoms with Crippen molar-refractivity contribution < 1.29 is 4.39 Å². The third kappa shape index (κ3) is 3.70. The topological polar surface area (TPSA) is 76.7 Å². The van der Waals surface area contributed by atoms with Gasteiger partial charge in [0.05, 0.1) is 23.1 Å². The van der Waals surface area contributed by atoms with Gasteiger partial charge in [0, 0.05) is 11.6 Å². The zero-order valence-corrected chi connectivity index (χ0v) is 15.5. The van der Waals surface area contributed by atoms with Gasteiger partial charge in [-0.05, 0) is 43.0 Å². The van der Waals surface area contributed by atoms with Gasteiger partial charge in [-0.15, -0.1) is 0 Å². The summed E-state index contributed by atoms with van der Waals surface area (Å²) in [5.41, 5.74) is 9.76. The first-order valence-corrected chi connectivity index (χ1v) is 9.62. The molecule has 1 aliphatic carbocycles. The van der Waals surface area contributed by atoms with Crippen molar-refractivity contribution in [3.05, 3.63) is 41.8 Å². The van der Waals surface area contributed by atoms with Crippen molar-refractivity contribution in [2.75, 3.05) is 11.1 Å². The van der Waals surface area contributed by atoms with Gasteiger partial charge in [-0.25, -0.2) is 19.3 Å². The number of hydrogen-bond acceptors (Lipinski definition) is 5. The Morgan fingerprint density at radius 2 is 1.96 bits per heavy atom. The number of nitrogen functional groups attached to an aromatic ring is 1. The Hall–Kier alpha value is -2.76. The second-order valence-corrected chi connectivity index (χ2v) is 7.16. The number of anilines is 2. The Labute approximate surface area is 158 Å². The minimum absolute atomic E-state index is 0.136. The van der Waals surface area contributed by atoms with Crippen molar-refractivity contribution >= 4 is 22.7 Å². The molecule has 3 N–H and O–H groups in total. The number of aryl methyl sites for hydroxylation is 1. The minimum Gasteiger partial charge on any atom is -0.396 e. The molecule has 1 aromatic carbocycles. The molecule has 2 aromatic heterocycles. The third-order valence-corrected chi connectivity index (χ3v) is 5.24. The van der Waals surface area contributed by atoms with Gasteiger partial charge >= 0.3 is 0 Å². The Bertz CT molecular complexity index is 966. The molecule has 0 spiro atoms. The van der Waals surface area contributed by atoms with E-state index in [0.717, 1.165) is 23.0 Å². The smallest absolute Gasteiger partial charge is 0.223 e. The van der Waals surface area contributed by atoms with Gasteiger partial charge in [-0.3, -0.25) is 0 Å². The molecule has 5 nitrogen and oxygen atoms in total. The van der Waals surface area contributed by atoms with Gasteiger partial charge in [0.1, 0.15) is 11.3 Å². The van der Waals surface area contributed by atoms with Crippen molar-refractivity contribution in [3.8, 4) is 11.3 Å². The Morgan fingerprint density at radius 1 is 1.15 bits per heavy atom. The lowest BCUT2D eigenvalue weighted by Gasteiger charge is -2.22. The second-order valence-electron chi connectivity index (χ2n) is 7.16. The number of rotatable bonds is 4. The predicted molar refractivity (Wildman–Crippen MR) is 107 cm³/mol. The van der Waals surface area contributed by atoms with Crippen LogP contribution in [0.5, 0.6) is 0 Å². The highest BCUT2D eigenvalue weighted by Crippen LogP contribution is 2.27. The summed E-state index contributed by atoms with van der Waals surface area (Å²) >= 11 is 0. The van der Waals surface area contributed by atoms with Gasteiger partial charge in [0.25, 0.3) is 0 Å². The first-order valence-electron chi connectivity index (χ1n) is 9.62. The highest BCUT2D eigenvalue weighted by atomic mass is 19.1. The lowest BCUT2D eigenvalue weighted by atomic mass is 9.96. The van der Waals surface area contributed by atoms with E-state index >= 15 is 0 Å². The molecule has 1 fully saturated rings. The number of pyridine rings is 1. The van der Waals surface area contributed by atoms with Crippen LogP contribution in [0.25, 0.3) is 22.3 Å². The summed E-state index contributed by atoms with van der Waals surface area (Å²) in [4.78, 5) is 13.8. The number of halogens is 1. The number of nitrogens with one attached hydrogen (secondary N) is 1. The maximum atomic E-state index is 13.9. The fourth-order valence-corrected chi connectivity index (χ4v) is 3.69. The molecule has 6 heteroatoms. The summed E-state index contributed by atoms with van der Waals surface area (Å²) in [7, 11) is 0. The van der Waals surface area contributed by atoms with Crippen molar-refractivity contribution in [1.29, 1.82) is 0 Å².